The number of likely N-dealkylation sites (tertiary alicyclic amines) is 1. The van der Waals surface area contributed by atoms with Gasteiger partial charge >= 0.3 is 6.18 Å². The molecule has 3 N–H and O–H groups in total. The number of nitrogen functional groups attached to an aromatic ring is 1. The topological polar surface area (TPSA) is 136 Å². The number of nitrogens with two attached hydrogens (primary N) is 1. The summed E-state index contributed by atoms with van der Waals surface area (Å²) in [6, 6.07) is 10.3. The fraction of sp³-hybridized carbons (Fsp3) is 0.545. The number of aryl methyl sites for hydroxylation is 1. The summed E-state index contributed by atoms with van der Waals surface area (Å²) in [6.45, 7) is 11.2. The van der Waals surface area contributed by atoms with E-state index in [-0.39, 0.29) is 28.7 Å². The lowest BCUT2D eigenvalue weighted by Gasteiger charge is -2.37. The highest BCUT2D eigenvalue weighted by Crippen LogP contribution is 2.34. The Balaban J connectivity index is 1.09. The van der Waals surface area contributed by atoms with E-state index in [1.165, 1.54) is 11.6 Å². The molecule has 6 rings (SSSR count). The van der Waals surface area contributed by atoms with E-state index in [0.717, 1.165) is 60.3 Å². The summed E-state index contributed by atoms with van der Waals surface area (Å²) in [7, 11) is -3.19. The molecule has 1 aromatic carbocycles. The molecular weight excluding hydrogens is 676 g/mol. The molecule has 11 nitrogen and oxygen atoms in total. The monoisotopic (exact) mass is 717 g/mol. The van der Waals surface area contributed by atoms with Crippen molar-refractivity contribution in [2.75, 3.05) is 56.1 Å². The van der Waals surface area contributed by atoms with Crippen LogP contribution in [0.15, 0.2) is 24.3 Å². The predicted molar refractivity (Wildman–Crippen MR) is 187 cm³/mol. The molecule has 0 saturated carbocycles. The van der Waals surface area contributed by atoms with Crippen LogP contribution >= 0.6 is 11.3 Å². The molecule has 2 aliphatic rings. The number of nitrogens with zero attached hydrogens (tertiary/aromatic N) is 7. The first kappa shape index (κ1) is 35.3. The highest BCUT2D eigenvalue weighted by atomic mass is 32.2. The zero-order valence-corrected chi connectivity index (χ0v) is 29.6. The van der Waals surface area contributed by atoms with Crippen LogP contribution in [0, 0.1) is 18.3 Å². The van der Waals surface area contributed by atoms with Gasteiger partial charge in [-0.15, -0.1) is 11.3 Å². The Morgan fingerprint density at radius 2 is 1.82 bits per heavy atom. The van der Waals surface area contributed by atoms with Crippen molar-refractivity contribution in [3.63, 3.8) is 0 Å². The van der Waals surface area contributed by atoms with Crippen LogP contribution in [0.3, 0.4) is 0 Å². The lowest BCUT2D eigenvalue weighted by Crippen LogP contribution is -2.52. The molecule has 49 heavy (non-hydrogen) atoms. The number of sulfonamides is 1. The van der Waals surface area contributed by atoms with E-state index in [1.807, 2.05) is 6.07 Å². The van der Waals surface area contributed by atoms with E-state index < -0.39 is 22.6 Å². The first-order valence-corrected chi connectivity index (χ1v) is 19.0. The molecule has 0 unspecified atom stereocenters. The molecule has 2 fully saturated rings. The van der Waals surface area contributed by atoms with E-state index in [2.05, 4.69) is 61.7 Å². The summed E-state index contributed by atoms with van der Waals surface area (Å²) >= 11 is 0.992. The minimum Gasteiger partial charge on any atom is -0.368 e. The summed E-state index contributed by atoms with van der Waals surface area (Å²) in [6.07, 6.45) is -3.65. The van der Waals surface area contributed by atoms with E-state index in [9.17, 15) is 26.9 Å². The van der Waals surface area contributed by atoms with Crippen LogP contribution in [0.5, 0.6) is 0 Å². The first-order valence-electron chi connectivity index (χ1n) is 16.6. The zero-order chi connectivity index (χ0) is 35.1. The maximum atomic E-state index is 13.0. The van der Waals surface area contributed by atoms with Crippen LogP contribution < -0.4 is 11.1 Å². The second kappa shape index (κ2) is 14.0. The van der Waals surface area contributed by atoms with Crippen molar-refractivity contribution in [3.8, 4) is 6.07 Å². The number of benzene rings is 1. The lowest BCUT2D eigenvalue weighted by atomic mass is 10.0. The minimum atomic E-state index is -4.30. The van der Waals surface area contributed by atoms with E-state index in [4.69, 9.17) is 5.73 Å². The lowest BCUT2D eigenvalue weighted by molar-refractivity contribution is -0.126. The van der Waals surface area contributed by atoms with Gasteiger partial charge in [-0.2, -0.15) is 27.7 Å². The van der Waals surface area contributed by atoms with Crippen molar-refractivity contribution in [2.24, 2.45) is 0 Å². The van der Waals surface area contributed by atoms with E-state index >= 15 is 0 Å². The zero-order valence-electron chi connectivity index (χ0n) is 27.9. The molecule has 1 atom stereocenters. The van der Waals surface area contributed by atoms with Crippen LogP contribution in [-0.4, -0.2) is 100 Å². The number of nitriles is 1. The average molecular weight is 718 g/mol. The van der Waals surface area contributed by atoms with E-state index in [1.54, 1.807) is 11.2 Å². The average Bonchev–Trinajstić information content (AvgIpc) is 3.63. The van der Waals surface area contributed by atoms with Gasteiger partial charge in [-0.1, -0.05) is 6.07 Å². The minimum absolute atomic E-state index is 0.0319. The van der Waals surface area contributed by atoms with Gasteiger partial charge in [0.2, 0.25) is 16.0 Å². The molecule has 3 aromatic heterocycles. The predicted octanol–water partition coefficient (Wildman–Crippen LogP) is 4.95. The molecule has 5 heterocycles. The number of hydrogen-bond acceptors (Lipinski definition) is 10. The first-order chi connectivity index (χ1) is 23.2. The van der Waals surface area contributed by atoms with Gasteiger partial charge in [-0.3, -0.25) is 9.80 Å². The summed E-state index contributed by atoms with van der Waals surface area (Å²) in [5.41, 5.74) is 9.86. The number of aromatic nitrogens is 3. The Morgan fingerprint density at radius 1 is 1.10 bits per heavy atom. The number of anilines is 2. The van der Waals surface area contributed by atoms with Gasteiger partial charge in [0.15, 0.2) is 0 Å². The molecule has 264 valence electrons. The SMILES string of the molecule is CCS(=O)(=O)N1CCN([C@@H](C)Cn2c(C#N)cc3c(C)c(CN4CCC(Nc5nc(N)nc6sc(CC(F)(F)F)cc56)CC4)ccc32)CC1. The molecule has 0 radical (unpaired) electrons. The Hall–Kier alpha value is -3.49. The summed E-state index contributed by atoms with van der Waals surface area (Å²) in [5.74, 6) is 0.620. The molecule has 2 aliphatic heterocycles. The van der Waals surface area contributed by atoms with Crippen molar-refractivity contribution < 1.29 is 21.6 Å². The number of thiophene rings is 1. The molecule has 16 heteroatoms. The third-order valence-electron chi connectivity index (χ3n) is 9.84. The molecule has 2 saturated heterocycles. The smallest absolute Gasteiger partial charge is 0.368 e. The number of nitrogens with one attached hydrogen (secondary N) is 1. The normalized spacial score (nSPS) is 18.3. The van der Waals surface area contributed by atoms with Crippen LogP contribution in [0.1, 0.15) is 48.4 Å². The highest BCUT2D eigenvalue weighted by molar-refractivity contribution is 7.89. The van der Waals surface area contributed by atoms with Gasteiger partial charge in [0.25, 0.3) is 0 Å². The summed E-state index contributed by atoms with van der Waals surface area (Å²) < 4.78 is 67.3. The van der Waals surface area contributed by atoms with Crippen molar-refractivity contribution >= 4 is 54.2 Å². The Bertz CT molecular complexity index is 1970. The molecule has 4 aromatic rings. The number of piperidine rings is 1. The second-order valence-corrected chi connectivity index (χ2v) is 16.4. The van der Waals surface area contributed by atoms with Crippen LogP contribution in [-0.2, 0) is 29.5 Å². The van der Waals surface area contributed by atoms with Crippen LogP contribution in [0.25, 0.3) is 21.1 Å². The number of rotatable bonds is 10. The number of piperazine rings is 1. The maximum absolute atomic E-state index is 13.0. The Labute approximate surface area is 288 Å². The van der Waals surface area contributed by atoms with Crippen molar-refractivity contribution in [1.29, 1.82) is 5.26 Å². The highest BCUT2D eigenvalue weighted by Gasteiger charge is 2.30. The van der Waals surface area contributed by atoms with Gasteiger partial charge in [0.1, 0.15) is 22.4 Å². The van der Waals surface area contributed by atoms with Gasteiger partial charge in [0, 0.05) is 80.2 Å². The summed E-state index contributed by atoms with van der Waals surface area (Å²) in [4.78, 5) is 13.8. The van der Waals surface area contributed by atoms with E-state index in [0.29, 0.717) is 54.5 Å². The van der Waals surface area contributed by atoms with Gasteiger partial charge < -0.3 is 15.6 Å². The second-order valence-electron chi connectivity index (χ2n) is 13.1. The standard InChI is InChI=1S/C33H42F3N9O2S2/c1-4-49(46,47)44-13-11-43(12-14-44)21(2)19-45-25(18-37)15-27-22(3)23(5-6-29(27)45)20-42-9-7-24(8-10-42)39-30-28-16-26(17-33(34,35)36)48-31(28)41-32(38)40-30/h5-6,15-16,21,24H,4,7-14,17,19-20H2,1-3H3,(H3,38,39,40,41)/t21-/m0/s1. The summed E-state index contributed by atoms with van der Waals surface area (Å²) in [5, 5.41) is 15.1. The third kappa shape index (κ3) is 7.81. The van der Waals surface area contributed by atoms with Gasteiger partial charge in [-0.25, -0.2) is 13.4 Å². The van der Waals surface area contributed by atoms with Crippen LogP contribution in [0.4, 0.5) is 24.9 Å². The van der Waals surface area contributed by atoms with Gasteiger partial charge in [0.05, 0.1) is 17.6 Å². The van der Waals surface area contributed by atoms with Crippen molar-refractivity contribution in [1.82, 2.24) is 28.6 Å². The number of fused-ring (bicyclic) bond motifs is 2. The van der Waals surface area contributed by atoms with Crippen molar-refractivity contribution in [3.05, 3.63) is 46.0 Å². The molecule has 0 bridgehead atoms. The molecule has 0 amide bonds. The Morgan fingerprint density at radius 3 is 2.47 bits per heavy atom. The van der Waals surface area contributed by atoms with Crippen LogP contribution in [0.2, 0.25) is 0 Å². The van der Waals surface area contributed by atoms with Crippen molar-refractivity contribution in [2.45, 2.75) is 71.4 Å². The Kier molecular flexibility index (Phi) is 10.1. The molecule has 0 aliphatic carbocycles. The quantitative estimate of drug-likeness (QED) is 0.234. The largest absolute Gasteiger partial charge is 0.393 e. The third-order valence-corrected chi connectivity index (χ3v) is 12.8. The number of halogens is 3. The number of hydrogen-bond donors (Lipinski definition) is 2. The number of alkyl halides is 3. The van der Waals surface area contributed by atoms with Gasteiger partial charge in [-0.05, 0) is 62.9 Å². The maximum Gasteiger partial charge on any atom is 0.393 e. The molecule has 0 spiro atoms. The molecular formula is C33H42F3N9O2S2. The fourth-order valence-corrected chi connectivity index (χ4v) is 9.17. The fourth-order valence-electron chi connectivity index (χ4n) is 7.02.